The Balaban J connectivity index is 1.49. The second kappa shape index (κ2) is 6.88. The van der Waals surface area contributed by atoms with Crippen LogP contribution in [0.3, 0.4) is 0 Å². The van der Waals surface area contributed by atoms with Gasteiger partial charge in [0.05, 0.1) is 5.69 Å². The molecule has 0 bridgehead atoms. The molecule has 2 N–H and O–H groups in total. The molecule has 1 aliphatic heterocycles. The molecular formula is C20H24N6. The standard InChI is InChI=1S/C20H24N6/c1-25-18(9-12-22-25)17-7-8-19(24-23-17)26-13-10-20(15-21,11-14-26)16-5-3-2-4-6-16/h2-9,12H,10-11,13-15,21H2,1H3. The molecule has 26 heavy (non-hydrogen) atoms. The lowest BCUT2D eigenvalue weighted by Crippen LogP contribution is -2.47. The van der Waals surface area contributed by atoms with Crippen molar-refractivity contribution in [2.45, 2.75) is 18.3 Å². The van der Waals surface area contributed by atoms with Gasteiger partial charge < -0.3 is 10.6 Å². The number of hydrogen-bond acceptors (Lipinski definition) is 5. The number of hydrogen-bond donors (Lipinski definition) is 1. The van der Waals surface area contributed by atoms with E-state index >= 15 is 0 Å². The highest BCUT2D eigenvalue weighted by Gasteiger charge is 2.35. The van der Waals surface area contributed by atoms with Crippen molar-refractivity contribution in [3.05, 3.63) is 60.3 Å². The molecular weight excluding hydrogens is 324 g/mol. The number of anilines is 1. The highest BCUT2D eigenvalue weighted by atomic mass is 15.3. The van der Waals surface area contributed by atoms with Crippen LogP contribution >= 0.6 is 0 Å². The van der Waals surface area contributed by atoms with Gasteiger partial charge >= 0.3 is 0 Å². The highest BCUT2D eigenvalue weighted by Crippen LogP contribution is 2.35. The molecule has 6 heteroatoms. The Bertz CT molecular complexity index is 848. The molecule has 3 aromatic rings. The zero-order chi connectivity index (χ0) is 18.0. The molecule has 0 unspecified atom stereocenters. The van der Waals surface area contributed by atoms with E-state index in [1.807, 2.05) is 25.2 Å². The van der Waals surface area contributed by atoms with E-state index in [4.69, 9.17) is 5.73 Å². The van der Waals surface area contributed by atoms with E-state index in [-0.39, 0.29) is 5.41 Å². The SMILES string of the molecule is Cn1nccc1-c1ccc(N2CCC(CN)(c3ccccc3)CC2)nn1. The molecule has 2 aromatic heterocycles. The monoisotopic (exact) mass is 348 g/mol. The molecule has 1 aliphatic rings. The van der Waals surface area contributed by atoms with E-state index in [2.05, 4.69) is 50.5 Å². The van der Waals surface area contributed by atoms with Gasteiger partial charge in [-0.2, -0.15) is 5.10 Å². The molecule has 134 valence electrons. The number of nitrogens with zero attached hydrogens (tertiary/aromatic N) is 5. The maximum absolute atomic E-state index is 6.19. The average molecular weight is 348 g/mol. The largest absolute Gasteiger partial charge is 0.355 e. The fourth-order valence-corrected chi connectivity index (χ4v) is 3.82. The van der Waals surface area contributed by atoms with Gasteiger partial charge in [-0.1, -0.05) is 30.3 Å². The lowest BCUT2D eigenvalue weighted by Gasteiger charge is -2.42. The van der Waals surface area contributed by atoms with Gasteiger partial charge in [-0.05, 0) is 36.6 Å². The van der Waals surface area contributed by atoms with E-state index in [1.165, 1.54) is 5.56 Å². The topological polar surface area (TPSA) is 72.9 Å². The molecule has 0 atom stereocenters. The molecule has 0 amide bonds. The van der Waals surface area contributed by atoms with Crippen molar-refractivity contribution in [2.24, 2.45) is 12.8 Å². The lowest BCUT2D eigenvalue weighted by atomic mass is 9.73. The lowest BCUT2D eigenvalue weighted by molar-refractivity contribution is 0.338. The fraction of sp³-hybridized carbons (Fsp3) is 0.350. The van der Waals surface area contributed by atoms with Gasteiger partial charge in [0.25, 0.3) is 0 Å². The van der Waals surface area contributed by atoms with Crippen molar-refractivity contribution < 1.29 is 0 Å². The number of piperidine rings is 1. The molecule has 0 spiro atoms. The first-order valence-corrected chi connectivity index (χ1v) is 9.04. The predicted octanol–water partition coefficient (Wildman–Crippen LogP) is 2.37. The number of aryl methyl sites for hydroxylation is 1. The fourth-order valence-electron chi connectivity index (χ4n) is 3.82. The van der Waals surface area contributed by atoms with Crippen molar-refractivity contribution in [1.29, 1.82) is 0 Å². The summed E-state index contributed by atoms with van der Waals surface area (Å²) < 4.78 is 1.81. The molecule has 0 aliphatic carbocycles. The molecule has 0 saturated carbocycles. The van der Waals surface area contributed by atoms with Crippen LogP contribution in [-0.2, 0) is 12.5 Å². The Morgan fingerprint density at radius 2 is 1.77 bits per heavy atom. The zero-order valence-corrected chi connectivity index (χ0v) is 15.0. The normalized spacial score (nSPS) is 16.6. The summed E-state index contributed by atoms with van der Waals surface area (Å²) in [5.74, 6) is 0.926. The number of rotatable bonds is 4. The number of benzene rings is 1. The van der Waals surface area contributed by atoms with E-state index in [9.17, 15) is 0 Å². The Morgan fingerprint density at radius 3 is 2.35 bits per heavy atom. The van der Waals surface area contributed by atoms with Crippen LogP contribution in [0.5, 0.6) is 0 Å². The Kier molecular flexibility index (Phi) is 4.42. The molecule has 6 nitrogen and oxygen atoms in total. The van der Waals surface area contributed by atoms with Crippen molar-refractivity contribution in [2.75, 3.05) is 24.5 Å². The first kappa shape index (κ1) is 16.7. The summed E-state index contributed by atoms with van der Waals surface area (Å²) in [6.07, 6.45) is 3.82. The summed E-state index contributed by atoms with van der Waals surface area (Å²) in [6, 6.07) is 16.7. The summed E-state index contributed by atoms with van der Waals surface area (Å²) in [4.78, 5) is 2.30. The van der Waals surface area contributed by atoms with Crippen LogP contribution in [0.4, 0.5) is 5.82 Å². The van der Waals surface area contributed by atoms with Crippen molar-refractivity contribution >= 4 is 5.82 Å². The molecule has 1 saturated heterocycles. The van der Waals surface area contributed by atoms with Gasteiger partial charge in [0.1, 0.15) is 5.69 Å². The maximum Gasteiger partial charge on any atom is 0.151 e. The van der Waals surface area contributed by atoms with Crippen molar-refractivity contribution in [3.63, 3.8) is 0 Å². The third-order valence-corrected chi connectivity index (χ3v) is 5.56. The van der Waals surface area contributed by atoms with Gasteiger partial charge in [-0.25, -0.2) is 0 Å². The van der Waals surface area contributed by atoms with E-state index in [0.29, 0.717) is 6.54 Å². The smallest absolute Gasteiger partial charge is 0.151 e. The van der Waals surface area contributed by atoms with Crippen molar-refractivity contribution in [1.82, 2.24) is 20.0 Å². The van der Waals surface area contributed by atoms with Crippen LogP contribution in [0, 0.1) is 0 Å². The number of nitrogens with two attached hydrogens (primary N) is 1. The average Bonchev–Trinajstić information content (AvgIpc) is 3.15. The van der Waals surface area contributed by atoms with Crippen LogP contribution in [-0.4, -0.2) is 39.6 Å². The summed E-state index contributed by atoms with van der Waals surface area (Å²) >= 11 is 0. The van der Waals surface area contributed by atoms with Crippen LogP contribution in [0.25, 0.3) is 11.4 Å². The summed E-state index contributed by atoms with van der Waals surface area (Å²) in [5.41, 5.74) is 9.41. The molecule has 3 heterocycles. The molecule has 0 radical (unpaired) electrons. The zero-order valence-electron chi connectivity index (χ0n) is 15.0. The van der Waals surface area contributed by atoms with Gasteiger partial charge in [0.2, 0.25) is 0 Å². The Labute approximate surface area is 153 Å². The van der Waals surface area contributed by atoms with Gasteiger partial charge in [0, 0.05) is 38.3 Å². The van der Waals surface area contributed by atoms with Crippen LogP contribution in [0.15, 0.2) is 54.7 Å². The minimum atomic E-state index is 0.0693. The van der Waals surface area contributed by atoms with Gasteiger partial charge in [-0.15, -0.1) is 10.2 Å². The van der Waals surface area contributed by atoms with Crippen LogP contribution in [0.1, 0.15) is 18.4 Å². The van der Waals surface area contributed by atoms with Crippen molar-refractivity contribution in [3.8, 4) is 11.4 Å². The quantitative estimate of drug-likeness (QED) is 0.784. The minimum absolute atomic E-state index is 0.0693. The Hall–Kier alpha value is -2.73. The number of aromatic nitrogens is 4. The highest BCUT2D eigenvalue weighted by molar-refractivity contribution is 5.55. The van der Waals surface area contributed by atoms with Crippen LogP contribution < -0.4 is 10.6 Å². The molecule has 1 fully saturated rings. The predicted molar refractivity (Wildman–Crippen MR) is 103 cm³/mol. The maximum atomic E-state index is 6.19. The Morgan fingerprint density at radius 1 is 1.00 bits per heavy atom. The summed E-state index contributed by atoms with van der Waals surface area (Å²) in [5, 5.41) is 13.0. The molecule has 1 aromatic carbocycles. The summed E-state index contributed by atoms with van der Waals surface area (Å²) in [6.45, 7) is 2.55. The third kappa shape index (κ3) is 2.97. The van der Waals surface area contributed by atoms with E-state index in [1.54, 1.807) is 10.9 Å². The molecule has 4 rings (SSSR count). The van der Waals surface area contributed by atoms with Gasteiger partial charge in [0.15, 0.2) is 5.82 Å². The van der Waals surface area contributed by atoms with Gasteiger partial charge in [-0.3, -0.25) is 4.68 Å². The van der Waals surface area contributed by atoms with E-state index < -0.39 is 0 Å². The second-order valence-corrected chi connectivity index (χ2v) is 6.95. The van der Waals surface area contributed by atoms with Crippen LogP contribution in [0.2, 0.25) is 0 Å². The second-order valence-electron chi connectivity index (χ2n) is 6.95. The van der Waals surface area contributed by atoms with E-state index in [0.717, 1.165) is 43.1 Å². The summed E-state index contributed by atoms with van der Waals surface area (Å²) in [7, 11) is 1.91. The minimum Gasteiger partial charge on any atom is -0.355 e. The third-order valence-electron chi connectivity index (χ3n) is 5.56. The first-order valence-electron chi connectivity index (χ1n) is 9.04. The first-order chi connectivity index (χ1) is 12.7.